The first-order valence-electron chi connectivity index (χ1n) is 7.84. The molecule has 0 spiro atoms. The van der Waals surface area contributed by atoms with E-state index in [1.165, 1.54) is 25.5 Å². The molecule has 0 aliphatic carbocycles. The summed E-state index contributed by atoms with van der Waals surface area (Å²) in [4.78, 5) is 27.4. The molecule has 120 valence electrons. The molecule has 22 heavy (non-hydrogen) atoms. The zero-order chi connectivity index (χ0) is 15.9. The van der Waals surface area contributed by atoms with E-state index in [0.717, 1.165) is 31.5 Å². The molecule has 1 heterocycles. The van der Waals surface area contributed by atoms with Crippen molar-refractivity contribution < 1.29 is 14.0 Å². The van der Waals surface area contributed by atoms with Crippen LogP contribution in [0.25, 0.3) is 0 Å². The molecule has 1 aromatic carbocycles. The van der Waals surface area contributed by atoms with Gasteiger partial charge in [0.2, 0.25) is 11.8 Å². The molecule has 1 aliphatic rings. The number of piperidine rings is 1. The van der Waals surface area contributed by atoms with E-state index < -0.39 is 0 Å². The standard InChI is InChI=1S/C17H23FN2O2/c1-14(21)20(13-15-5-7-16(18)8-6-15)12-9-17(22)19-10-3-2-4-11-19/h5-8H,2-4,9-13H2,1H3. The van der Waals surface area contributed by atoms with Crippen LogP contribution in [-0.2, 0) is 16.1 Å². The first-order valence-corrected chi connectivity index (χ1v) is 7.84. The molecular formula is C17H23FN2O2. The van der Waals surface area contributed by atoms with Gasteiger partial charge in [0.15, 0.2) is 0 Å². The Morgan fingerprint density at radius 1 is 1.14 bits per heavy atom. The molecular weight excluding hydrogens is 283 g/mol. The first kappa shape index (κ1) is 16.5. The number of rotatable bonds is 5. The molecule has 5 heteroatoms. The van der Waals surface area contributed by atoms with E-state index in [1.54, 1.807) is 17.0 Å². The van der Waals surface area contributed by atoms with Crippen molar-refractivity contribution in [1.29, 1.82) is 0 Å². The maximum atomic E-state index is 12.9. The highest BCUT2D eigenvalue weighted by atomic mass is 19.1. The van der Waals surface area contributed by atoms with E-state index in [-0.39, 0.29) is 17.6 Å². The maximum absolute atomic E-state index is 12.9. The summed E-state index contributed by atoms with van der Waals surface area (Å²) in [6, 6.07) is 6.09. The minimum atomic E-state index is -0.293. The van der Waals surface area contributed by atoms with Gasteiger partial charge in [0.25, 0.3) is 0 Å². The van der Waals surface area contributed by atoms with Crippen molar-refractivity contribution in [2.75, 3.05) is 19.6 Å². The average molecular weight is 306 g/mol. The van der Waals surface area contributed by atoms with Crippen molar-refractivity contribution in [2.24, 2.45) is 0 Å². The molecule has 0 radical (unpaired) electrons. The number of halogens is 1. The van der Waals surface area contributed by atoms with Gasteiger partial charge in [-0.2, -0.15) is 0 Å². The maximum Gasteiger partial charge on any atom is 0.224 e. The van der Waals surface area contributed by atoms with Gasteiger partial charge in [-0.05, 0) is 37.0 Å². The van der Waals surface area contributed by atoms with Crippen LogP contribution in [0.2, 0.25) is 0 Å². The molecule has 4 nitrogen and oxygen atoms in total. The molecule has 0 bridgehead atoms. The molecule has 1 aromatic rings. The fourth-order valence-corrected chi connectivity index (χ4v) is 2.69. The molecule has 0 N–H and O–H groups in total. The normalized spacial score (nSPS) is 14.7. The van der Waals surface area contributed by atoms with Crippen molar-refractivity contribution in [1.82, 2.24) is 9.80 Å². The number of amides is 2. The highest BCUT2D eigenvalue weighted by molar-refractivity contribution is 5.78. The van der Waals surface area contributed by atoms with Gasteiger partial charge >= 0.3 is 0 Å². The van der Waals surface area contributed by atoms with Crippen molar-refractivity contribution in [3.63, 3.8) is 0 Å². The largest absolute Gasteiger partial charge is 0.343 e. The van der Waals surface area contributed by atoms with Gasteiger partial charge in [-0.3, -0.25) is 9.59 Å². The van der Waals surface area contributed by atoms with Crippen LogP contribution < -0.4 is 0 Å². The summed E-state index contributed by atoms with van der Waals surface area (Å²) in [7, 11) is 0. The Morgan fingerprint density at radius 2 is 1.77 bits per heavy atom. The second-order valence-electron chi connectivity index (χ2n) is 5.76. The summed E-state index contributed by atoms with van der Waals surface area (Å²) >= 11 is 0. The van der Waals surface area contributed by atoms with Gasteiger partial charge < -0.3 is 9.80 Å². The third-order valence-electron chi connectivity index (χ3n) is 4.04. The third-order valence-corrected chi connectivity index (χ3v) is 4.04. The highest BCUT2D eigenvalue weighted by Crippen LogP contribution is 2.12. The van der Waals surface area contributed by atoms with E-state index in [2.05, 4.69) is 0 Å². The van der Waals surface area contributed by atoms with Gasteiger partial charge in [0.1, 0.15) is 5.82 Å². The van der Waals surface area contributed by atoms with Crippen molar-refractivity contribution >= 4 is 11.8 Å². The van der Waals surface area contributed by atoms with E-state index in [1.807, 2.05) is 4.90 Å². The fourth-order valence-electron chi connectivity index (χ4n) is 2.69. The zero-order valence-electron chi connectivity index (χ0n) is 13.1. The monoisotopic (exact) mass is 306 g/mol. The number of carbonyl (C=O) groups is 2. The molecule has 0 saturated carbocycles. The quantitative estimate of drug-likeness (QED) is 0.839. The minimum absolute atomic E-state index is 0.0734. The van der Waals surface area contributed by atoms with Crippen LogP contribution in [-0.4, -0.2) is 41.2 Å². The van der Waals surface area contributed by atoms with Crippen LogP contribution in [0.4, 0.5) is 4.39 Å². The SMILES string of the molecule is CC(=O)N(CCC(=O)N1CCCCC1)Cc1ccc(F)cc1. The molecule has 2 rings (SSSR count). The van der Waals surface area contributed by atoms with Crippen molar-refractivity contribution in [2.45, 2.75) is 39.2 Å². The summed E-state index contributed by atoms with van der Waals surface area (Å²) in [5, 5.41) is 0. The van der Waals surface area contributed by atoms with Gasteiger partial charge in [-0.1, -0.05) is 12.1 Å². The number of carbonyl (C=O) groups excluding carboxylic acids is 2. The van der Waals surface area contributed by atoms with E-state index >= 15 is 0 Å². The summed E-state index contributed by atoms with van der Waals surface area (Å²) in [5.41, 5.74) is 0.863. The van der Waals surface area contributed by atoms with Crippen molar-refractivity contribution in [3.05, 3.63) is 35.6 Å². The Hall–Kier alpha value is -1.91. The van der Waals surface area contributed by atoms with Crippen LogP contribution in [0.3, 0.4) is 0 Å². The van der Waals surface area contributed by atoms with Gasteiger partial charge in [-0.15, -0.1) is 0 Å². The van der Waals surface area contributed by atoms with Crippen molar-refractivity contribution in [3.8, 4) is 0 Å². The van der Waals surface area contributed by atoms with Gasteiger partial charge in [0.05, 0.1) is 0 Å². The third kappa shape index (κ3) is 4.83. The van der Waals surface area contributed by atoms with Crippen LogP contribution in [0.5, 0.6) is 0 Å². The van der Waals surface area contributed by atoms with Gasteiger partial charge in [0, 0.05) is 39.5 Å². The Kier molecular flexibility index (Phi) is 5.92. The highest BCUT2D eigenvalue weighted by Gasteiger charge is 2.18. The fraction of sp³-hybridized carbons (Fsp3) is 0.529. The molecule has 1 saturated heterocycles. The Morgan fingerprint density at radius 3 is 2.36 bits per heavy atom. The van der Waals surface area contributed by atoms with Crippen LogP contribution in [0, 0.1) is 5.82 Å². The Balaban J connectivity index is 1.87. The molecule has 1 aliphatic heterocycles. The molecule has 0 atom stereocenters. The second kappa shape index (κ2) is 7.92. The van der Waals surface area contributed by atoms with Crippen LogP contribution in [0.15, 0.2) is 24.3 Å². The van der Waals surface area contributed by atoms with Gasteiger partial charge in [-0.25, -0.2) is 4.39 Å². The number of benzene rings is 1. The number of hydrogen-bond acceptors (Lipinski definition) is 2. The summed E-state index contributed by atoms with van der Waals surface area (Å²) in [6.07, 6.45) is 3.67. The van der Waals surface area contributed by atoms with Crippen LogP contribution in [0.1, 0.15) is 38.2 Å². The summed E-state index contributed by atoms with van der Waals surface area (Å²) < 4.78 is 12.9. The predicted octanol–water partition coefficient (Wildman–Crippen LogP) is 2.58. The topological polar surface area (TPSA) is 40.6 Å². The Bertz CT molecular complexity index is 510. The predicted molar refractivity (Wildman–Crippen MR) is 82.5 cm³/mol. The molecule has 0 unspecified atom stereocenters. The van der Waals surface area contributed by atoms with E-state index in [9.17, 15) is 14.0 Å². The van der Waals surface area contributed by atoms with E-state index in [0.29, 0.717) is 19.5 Å². The lowest BCUT2D eigenvalue weighted by atomic mass is 10.1. The second-order valence-corrected chi connectivity index (χ2v) is 5.76. The lowest BCUT2D eigenvalue weighted by molar-refractivity contribution is -0.134. The van der Waals surface area contributed by atoms with Crippen LogP contribution >= 0.6 is 0 Å². The van der Waals surface area contributed by atoms with E-state index in [4.69, 9.17) is 0 Å². The molecule has 1 fully saturated rings. The lowest BCUT2D eigenvalue weighted by Crippen LogP contribution is -2.38. The summed E-state index contributed by atoms with van der Waals surface area (Å²) in [5.74, 6) is -0.251. The lowest BCUT2D eigenvalue weighted by Gasteiger charge is -2.28. The molecule has 0 aromatic heterocycles. The minimum Gasteiger partial charge on any atom is -0.343 e. The average Bonchev–Trinajstić information content (AvgIpc) is 2.53. The number of nitrogens with zero attached hydrogens (tertiary/aromatic N) is 2. The number of likely N-dealkylation sites (tertiary alicyclic amines) is 1. The molecule has 2 amide bonds. The first-order chi connectivity index (χ1) is 10.6. The zero-order valence-corrected chi connectivity index (χ0v) is 13.1. The Labute approximate surface area is 130 Å². The summed E-state index contributed by atoms with van der Waals surface area (Å²) in [6.45, 7) is 3.97. The smallest absolute Gasteiger partial charge is 0.224 e. The number of hydrogen-bond donors (Lipinski definition) is 0.